The Balaban J connectivity index is 1.41. The van der Waals surface area contributed by atoms with Crippen molar-refractivity contribution in [2.24, 2.45) is 0 Å². The number of amides is 1. The third-order valence-corrected chi connectivity index (χ3v) is 5.43. The van der Waals surface area contributed by atoms with Crippen molar-refractivity contribution in [3.05, 3.63) is 101 Å². The first kappa shape index (κ1) is 23.1. The summed E-state index contributed by atoms with van der Waals surface area (Å²) in [4.78, 5) is 13.0. The fourth-order valence-corrected chi connectivity index (χ4v) is 3.63. The molecule has 0 aliphatic rings. The molecule has 1 amide bonds. The molecule has 8 heteroatoms. The lowest BCUT2D eigenvalue weighted by atomic mass is 10.1. The van der Waals surface area contributed by atoms with Crippen LogP contribution in [0.15, 0.2) is 72.9 Å². The maximum Gasteiger partial charge on any atom is 0.255 e. The fourth-order valence-electron chi connectivity index (χ4n) is 3.63. The summed E-state index contributed by atoms with van der Waals surface area (Å²) in [6.45, 7) is 3.37. The van der Waals surface area contributed by atoms with Gasteiger partial charge >= 0.3 is 0 Å². The molecule has 0 unspecified atom stereocenters. The summed E-state index contributed by atoms with van der Waals surface area (Å²) in [6, 6.07) is 21.5. The average molecular weight is 458 g/mol. The Kier molecular flexibility index (Phi) is 7.62. The third-order valence-electron chi connectivity index (χ3n) is 5.43. The van der Waals surface area contributed by atoms with Crippen molar-refractivity contribution in [2.45, 2.75) is 33.1 Å². The number of hydrogen-bond acceptors (Lipinski definition) is 6. The van der Waals surface area contributed by atoms with Crippen molar-refractivity contribution in [1.29, 1.82) is 0 Å². The molecule has 0 aliphatic carbocycles. The molecule has 0 fully saturated rings. The number of methoxy groups -OCH3 is 1. The second-order valence-electron chi connectivity index (χ2n) is 7.63. The zero-order chi connectivity index (χ0) is 23.8. The quantitative estimate of drug-likeness (QED) is 0.389. The predicted molar refractivity (Wildman–Crippen MR) is 128 cm³/mol. The van der Waals surface area contributed by atoms with Crippen LogP contribution in [0.1, 0.15) is 39.7 Å². The van der Waals surface area contributed by atoms with E-state index in [-0.39, 0.29) is 5.91 Å². The van der Waals surface area contributed by atoms with Crippen molar-refractivity contribution in [3.63, 3.8) is 0 Å². The van der Waals surface area contributed by atoms with E-state index >= 15 is 0 Å². The number of carbonyl (C=O) groups is 1. The minimum absolute atomic E-state index is 0.190. The molecule has 2 aromatic heterocycles. The molecular formula is C26H27N5O3. The molecule has 2 heterocycles. The Morgan fingerprint density at radius 2 is 1.71 bits per heavy atom. The maximum absolute atomic E-state index is 13.0. The van der Waals surface area contributed by atoms with Crippen LogP contribution in [0.3, 0.4) is 0 Å². The molecule has 0 atom stereocenters. The van der Waals surface area contributed by atoms with Crippen LogP contribution in [0.5, 0.6) is 5.88 Å². The summed E-state index contributed by atoms with van der Waals surface area (Å²) in [5, 5.41) is 15.5. The summed E-state index contributed by atoms with van der Waals surface area (Å²) in [6.07, 6.45) is 2.18. The van der Waals surface area contributed by atoms with Gasteiger partial charge in [0.15, 0.2) is 5.82 Å². The van der Waals surface area contributed by atoms with E-state index in [0.29, 0.717) is 43.4 Å². The van der Waals surface area contributed by atoms with Gasteiger partial charge in [0.1, 0.15) is 0 Å². The molecule has 8 nitrogen and oxygen atoms in total. The second kappa shape index (κ2) is 11.2. The van der Waals surface area contributed by atoms with E-state index in [2.05, 4.69) is 20.6 Å². The van der Waals surface area contributed by atoms with Crippen LogP contribution in [0, 0.1) is 0 Å². The first-order valence-electron chi connectivity index (χ1n) is 11.1. The Bertz CT molecular complexity index is 1220. The number of hydrogen-bond donors (Lipinski definition) is 1. The van der Waals surface area contributed by atoms with E-state index < -0.39 is 0 Å². The van der Waals surface area contributed by atoms with Crippen molar-refractivity contribution in [2.75, 3.05) is 7.11 Å². The van der Waals surface area contributed by atoms with E-state index in [1.165, 1.54) is 7.11 Å². The Labute approximate surface area is 198 Å². The second-order valence-corrected chi connectivity index (χ2v) is 7.63. The zero-order valence-corrected chi connectivity index (χ0v) is 19.3. The average Bonchev–Trinajstić information content (AvgIpc) is 3.33. The van der Waals surface area contributed by atoms with Crippen molar-refractivity contribution in [3.8, 4) is 11.7 Å². The van der Waals surface area contributed by atoms with Crippen LogP contribution in [-0.2, 0) is 30.9 Å². The fraction of sp³-hybridized carbons (Fsp3) is 0.231. The molecule has 174 valence electrons. The largest absolute Gasteiger partial charge is 0.480 e. The Morgan fingerprint density at radius 3 is 2.41 bits per heavy atom. The van der Waals surface area contributed by atoms with Crippen molar-refractivity contribution >= 4 is 5.91 Å². The molecule has 0 saturated carbocycles. The van der Waals surface area contributed by atoms with Gasteiger partial charge in [-0.25, -0.2) is 4.68 Å². The van der Waals surface area contributed by atoms with Gasteiger partial charge in [0.05, 0.1) is 37.8 Å². The lowest BCUT2D eigenvalue weighted by Gasteiger charge is -2.12. The van der Waals surface area contributed by atoms with Crippen LogP contribution >= 0.6 is 0 Å². The highest BCUT2D eigenvalue weighted by Crippen LogP contribution is 2.17. The third kappa shape index (κ3) is 5.47. The summed E-state index contributed by atoms with van der Waals surface area (Å²) in [5.41, 5.74) is 4.45. The molecule has 34 heavy (non-hydrogen) atoms. The maximum atomic E-state index is 13.0. The molecule has 2 aromatic carbocycles. The molecule has 0 saturated heterocycles. The van der Waals surface area contributed by atoms with Crippen LogP contribution in [0.4, 0.5) is 0 Å². The van der Waals surface area contributed by atoms with E-state index in [4.69, 9.17) is 9.47 Å². The van der Waals surface area contributed by atoms with Gasteiger partial charge in [-0.3, -0.25) is 4.79 Å². The molecule has 0 spiro atoms. The highest BCUT2D eigenvalue weighted by Gasteiger charge is 2.18. The molecule has 0 aliphatic heterocycles. The van der Waals surface area contributed by atoms with Crippen molar-refractivity contribution < 1.29 is 14.3 Å². The molecule has 0 radical (unpaired) electrons. The summed E-state index contributed by atoms with van der Waals surface area (Å²) in [7, 11) is 1.53. The lowest BCUT2D eigenvalue weighted by Crippen LogP contribution is -2.24. The number of ether oxygens (including phenoxy) is 2. The van der Waals surface area contributed by atoms with Crippen LogP contribution < -0.4 is 10.1 Å². The summed E-state index contributed by atoms with van der Waals surface area (Å²) in [5.74, 6) is 0.750. The molecule has 0 bridgehead atoms. The van der Waals surface area contributed by atoms with Crippen LogP contribution in [-0.4, -0.2) is 33.0 Å². The number of benzene rings is 2. The summed E-state index contributed by atoms with van der Waals surface area (Å²) >= 11 is 0. The van der Waals surface area contributed by atoms with Gasteiger partial charge in [0.2, 0.25) is 5.88 Å². The SMILES string of the molecule is CCc1c(C(=O)NCc2ccccc2COCc2ccccc2)cnn1-c1ccc(OC)nn1. The molecule has 1 N–H and O–H groups in total. The number of carbonyl (C=O) groups excluding carboxylic acids is 1. The van der Waals surface area contributed by atoms with Gasteiger partial charge in [-0.2, -0.15) is 5.10 Å². The van der Waals surface area contributed by atoms with Gasteiger partial charge < -0.3 is 14.8 Å². The van der Waals surface area contributed by atoms with Gasteiger partial charge in [-0.15, -0.1) is 10.2 Å². The number of nitrogens with zero attached hydrogens (tertiary/aromatic N) is 4. The van der Waals surface area contributed by atoms with Gasteiger partial charge in [-0.05, 0) is 29.2 Å². The van der Waals surface area contributed by atoms with Gasteiger partial charge in [0, 0.05) is 12.6 Å². The minimum atomic E-state index is -0.190. The number of aromatic nitrogens is 4. The number of rotatable bonds is 10. The minimum Gasteiger partial charge on any atom is -0.480 e. The Hall–Kier alpha value is -4.04. The Morgan fingerprint density at radius 1 is 0.941 bits per heavy atom. The van der Waals surface area contributed by atoms with Crippen molar-refractivity contribution in [1.82, 2.24) is 25.3 Å². The molecule has 4 aromatic rings. The van der Waals surface area contributed by atoms with E-state index in [0.717, 1.165) is 22.4 Å². The van der Waals surface area contributed by atoms with E-state index in [1.807, 2.05) is 61.5 Å². The lowest BCUT2D eigenvalue weighted by molar-refractivity contribution is 0.0946. The van der Waals surface area contributed by atoms with E-state index in [1.54, 1.807) is 23.0 Å². The first-order valence-corrected chi connectivity index (χ1v) is 11.1. The highest BCUT2D eigenvalue weighted by molar-refractivity contribution is 5.95. The predicted octanol–water partition coefficient (Wildman–Crippen LogP) is 3.88. The van der Waals surface area contributed by atoms with E-state index in [9.17, 15) is 4.79 Å². The topological polar surface area (TPSA) is 91.2 Å². The molecular weight excluding hydrogens is 430 g/mol. The highest BCUT2D eigenvalue weighted by atomic mass is 16.5. The monoisotopic (exact) mass is 457 g/mol. The van der Waals surface area contributed by atoms with Gasteiger partial charge in [0.25, 0.3) is 5.91 Å². The standard InChI is InChI=1S/C26H27N5O3/c1-3-23-22(16-28-31(23)24-13-14-25(33-2)30-29-24)26(32)27-15-20-11-7-8-12-21(20)18-34-17-19-9-5-4-6-10-19/h4-14,16H,3,15,17-18H2,1-2H3,(H,27,32). The normalized spacial score (nSPS) is 10.8. The first-order chi connectivity index (χ1) is 16.7. The van der Waals surface area contributed by atoms with Gasteiger partial charge in [-0.1, -0.05) is 61.5 Å². The zero-order valence-electron chi connectivity index (χ0n) is 19.3. The number of nitrogens with one attached hydrogen (secondary N) is 1. The smallest absolute Gasteiger partial charge is 0.255 e. The molecule has 4 rings (SSSR count). The van der Waals surface area contributed by atoms with Crippen LogP contribution in [0.25, 0.3) is 5.82 Å². The summed E-state index contributed by atoms with van der Waals surface area (Å²) < 4.78 is 12.6. The van der Waals surface area contributed by atoms with Crippen LogP contribution in [0.2, 0.25) is 0 Å².